The number of aliphatic hydroxyl groups is 1. The third-order valence-corrected chi connectivity index (χ3v) is 4.72. The highest BCUT2D eigenvalue weighted by Gasteiger charge is 2.45. The first-order chi connectivity index (χ1) is 10.1. The van der Waals surface area contributed by atoms with E-state index in [9.17, 15) is 14.3 Å². The summed E-state index contributed by atoms with van der Waals surface area (Å²) in [7, 11) is 0. The maximum atomic E-state index is 13.3. The molecule has 21 heavy (non-hydrogen) atoms. The average Bonchev–Trinajstić information content (AvgIpc) is 3.13. The fourth-order valence-electron chi connectivity index (χ4n) is 3.18. The van der Waals surface area contributed by atoms with Crippen molar-refractivity contribution in [3.05, 3.63) is 35.6 Å². The molecule has 1 saturated carbocycles. The van der Waals surface area contributed by atoms with Gasteiger partial charge in [-0.3, -0.25) is 0 Å². The number of aliphatic hydroxyl groups excluding tert-OH is 1. The second-order valence-corrected chi connectivity index (χ2v) is 6.12. The van der Waals surface area contributed by atoms with Crippen molar-refractivity contribution in [2.75, 3.05) is 19.7 Å². The molecule has 2 N–H and O–H groups in total. The molecule has 1 aliphatic carbocycles. The lowest BCUT2D eigenvalue weighted by Gasteiger charge is -2.25. The van der Waals surface area contributed by atoms with Gasteiger partial charge in [-0.05, 0) is 43.4 Å². The lowest BCUT2D eigenvalue weighted by Crippen LogP contribution is -2.46. The third-order valence-electron chi connectivity index (χ3n) is 4.72. The van der Waals surface area contributed by atoms with Gasteiger partial charge in [0.05, 0.1) is 12.6 Å². The Morgan fingerprint density at radius 2 is 2.29 bits per heavy atom. The number of urea groups is 1. The fraction of sp³-hybridized carbons (Fsp3) is 0.562. The third kappa shape index (κ3) is 2.88. The number of likely N-dealkylation sites (tertiary alicyclic amines) is 1. The largest absolute Gasteiger partial charge is 0.394 e. The summed E-state index contributed by atoms with van der Waals surface area (Å²) < 4.78 is 13.3. The Morgan fingerprint density at radius 1 is 1.48 bits per heavy atom. The molecule has 114 valence electrons. The molecule has 3 rings (SSSR count). The maximum absolute atomic E-state index is 13.3. The van der Waals surface area contributed by atoms with Crippen LogP contribution in [0, 0.1) is 5.82 Å². The predicted molar refractivity (Wildman–Crippen MR) is 77.5 cm³/mol. The number of nitrogens with one attached hydrogen (secondary N) is 1. The molecule has 1 aromatic rings. The van der Waals surface area contributed by atoms with Gasteiger partial charge in [-0.15, -0.1) is 0 Å². The molecule has 1 aliphatic heterocycles. The Balaban J connectivity index is 1.61. The molecular weight excluding hydrogens is 271 g/mol. The zero-order valence-electron chi connectivity index (χ0n) is 12.0. The second kappa shape index (κ2) is 5.64. The number of hydrogen-bond acceptors (Lipinski definition) is 2. The smallest absolute Gasteiger partial charge is 0.317 e. The molecule has 1 saturated heterocycles. The molecule has 0 radical (unpaired) electrons. The standard InChI is InChI=1S/C16H21FN2O2/c17-13-4-1-3-12(9-13)16(6-7-16)11-18-15(21)19-8-2-5-14(19)10-20/h1,3-4,9,14,20H,2,5-8,10-11H2,(H,18,21)/t14-/m1/s1. The molecule has 0 unspecified atom stereocenters. The first-order valence-corrected chi connectivity index (χ1v) is 7.56. The Bertz CT molecular complexity index is 531. The van der Waals surface area contributed by atoms with E-state index in [-0.39, 0.29) is 29.9 Å². The summed E-state index contributed by atoms with van der Waals surface area (Å²) in [6.45, 7) is 1.25. The second-order valence-electron chi connectivity index (χ2n) is 6.12. The number of nitrogens with zero attached hydrogens (tertiary/aromatic N) is 1. The molecule has 1 aromatic carbocycles. The molecule has 4 nitrogen and oxygen atoms in total. The van der Waals surface area contributed by atoms with Gasteiger partial charge in [0.25, 0.3) is 0 Å². The minimum atomic E-state index is -0.231. The normalized spacial score (nSPS) is 23.1. The minimum Gasteiger partial charge on any atom is -0.394 e. The van der Waals surface area contributed by atoms with Crippen LogP contribution in [0.4, 0.5) is 9.18 Å². The van der Waals surface area contributed by atoms with E-state index in [1.165, 1.54) is 6.07 Å². The van der Waals surface area contributed by atoms with E-state index >= 15 is 0 Å². The van der Waals surface area contributed by atoms with E-state index < -0.39 is 0 Å². The molecule has 0 aromatic heterocycles. The highest BCUT2D eigenvalue weighted by atomic mass is 19.1. The number of halogens is 1. The van der Waals surface area contributed by atoms with E-state index in [1.807, 2.05) is 6.07 Å². The molecule has 2 aliphatic rings. The SMILES string of the molecule is O=C(NCC1(c2cccc(F)c2)CC1)N1CCC[C@@H]1CO. The van der Waals surface area contributed by atoms with Crippen molar-refractivity contribution in [2.45, 2.75) is 37.1 Å². The number of rotatable bonds is 4. The van der Waals surface area contributed by atoms with Crippen LogP contribution < -0.4 is 5.32 Å². The van der Waals surface area contributed by atoms with Crippen LogP contribution in [0.15, 0.2) is 24.3 Å². The molecule has 1 heterocycles. The van der Waals surface area contributed by atoms with E-state index in [4.69, 9.17) is 0 Å². The van der Waals surface area contributed by atoms with Gasteiger partial charge in [0, 0.05) is 18.5 Å². The number of hydrogen-bond donors (Lipinski definition) is 2. The maximum Gasteiger partial charge on any atom is 0.317 e. The van der Waals surface area contributed by atoms with Crippen LogP contribution in [0.5, 0.6) is 0 Å². The van der Waals surface area contributed by atoms with Gasteiger partial charge in [0.15, 0.2) is 0 Å². The summed E-state index contributed by atoms with van der Waals surface area (Å²) >= 11 is 0. The molecule has 0 spiro atoms. The van der Waals surface area contributed by atoms with Gasteiger partial charge in [-0.2, -0.15) is 0 Å². The van der Waals surface area contributed by atoms with Crippen LogP contribution in [-0.4, -0.2) is 41.8 Å². The highest BCUT2D eigenvalue weighted by molar-refractivity contribution is 5.75. The molecule has 0 bridgehead atoms. The fourth-order valence-corrected chi connectivity index (χ4v) is 3.18. The van der Waals surface area contributed by atoms with E-state index in [2.05, 4.69) is 5.32 Å². The zero-order chi connectivity index (χ0) is 14.9. The van der Waals surface area contributed by atoms with Crippen LogP contribution in [0.2, 0.25) is 0 Å². The van der Waals surface area contributed by atoms with Gasteiger partial charge in [0.1, 0.15) is 5.82 Å². The number of amides is 2. The molecule has 1 atom stereocenters. The van der Waals surface area contributed by atoms with Crippen LogP contribution in [0.3, 0.4) is 0 Å². The van der Waals surface area contributed by atoms with E-state index in [1.54, 1.807) is 17.0 Å². The topological polar surface area (TPSA) is 52.6 Å². The van der Waals surface area contributed by atoms with Crippen molar-refractivity contribution < 1.29 is 14.3 Å². The monoisotopic (exact) mass is 292 g/mol. The van der Waals surface area contributed by atoms with Crippen LogP contribution in [0.1, 0.15) is 31.2 Å². The van der Waals surface area contributed by atoms with Crippen molar-refractivity contribution in [2.24, 2.45) is 0 Å². The van der Waals surface area contributed by atoms with Gasteiger partial charge in [-0.25, -0.2) is 9.18 Å². The molecule has 2 fully saturated rings. The minimum absolute atomic E-state index is 0.0163. The number of carbonyl (C=O) groups is 1. The first-order valence-electron chi connectivity index (χ1n) is 7.56. The highest BCUT2D eigenvalue weighted by Crippen LogP contribution is 2.47. The number of benzene rings is 1. The lowest BCUT2D eigenvalue weighted by molar-refractivity contribution is 0.156. The summed E-state index contributed by atoms with van der Waals surface area (Å²) in [5.74, 6) is -0.231. The van der Waals surface area contributed by atoms with E-state index in [0.29, 0.717) is 13.1 Å². The van der Waals surface area contributed by atoms with Crippen LogP contribution in [-0.2, 0) is 5.41 Å². The summed E-state index contributed by atoms with van der Waals surface area (Å²) in [5, 5.41) is 12.2. The summed E-state index contributed by atoms with van der Waals surface area (Å²) in [4.78, 5) is 13.9. The van der Waals surface area contributed by atoms with Gasteiger partial charge in [0.2, 0.25) is 0 Å². The lowest BCUT2D eigenvalue weighted by atomic mass is 9.96. The Hall–Kier alpha value is -1.62. The van der Waals surface area contributed by atoms with Gasteiger partial charge >= 0.3 is 6.03 Å². The average molecular weight is 292 g/mol. The molecule has 5 heteroatoms. The van der Waals surface area contributed by atoms with Crippen molar-refractivity contribution in [1.29, 1.82) is 0 Å². The summed E-state index contributed by atoms with van der Waals surface area (Å²) in [6.07, 6.45) is 3.74. The van der Waals surface area contributed by atoms with Crippen molar-refractivity contribution in [3.8, 4) is 0 Å². The van der Waals surface area contributed by atoms with Gasteiger partial charge < -0.3 is 15.3 Å². The molecular formula is C16H21FN2O2. The number of carbonyl (C=O) groups excluding carboxylic acids is 1. The van der Waals surface area contributed by atoms with Crippen molar-refractivity contribution in [1.82, 2.24) is 10.2 Å². The Labute approximate surface area is 124 Å². The summed E-state index contributed by atoms with van der Waals surface area (Å²) in [6, 6.07) is 6.46. The Kier molecular flexibility index (Phi) is 3.85. The van der Waals surface area contributed by atoms with Gasteiger partial charge in [-0.1, -0.05) is 12.1 Å². The quantitative estimate of drug-likeness (QED) is 0.892. The Morgan fingerprint density at radius 3 is 2.95 bits per heavy atom. The predicted octanol–water partition coefficient (Wildman–Crippen LogP) is 2.02. The summed E-state index contributed by atoms with van der Waals surface area (Å²) in [5.41, 5.74) is 0.856. The van der Waals surface area contributed by atoms with Crippen LogP contribution in [0.25, 0.3) is 0 Å². The van der Waals surface area contributed by atoms with E-state index in [0.717, 1.165) is 31.2 Å². The first kappa shape index (κ1) is 14.3. The van der Waals surface area contributed by atoms with Crippen molar-refractivity contribution >= 4 is 6.03 Å². The molecule has 2 amide bonds. The zero-order valence-corrected chi connectivity index (χ0v) is 12.0. The van der Waals surface area contributed by atoms with Crippen LogP contribution >= 0.6 is 0 Å². The van der Waals surface area contributed by atoms with Crippen molar-refractivity contribution in [3.63, 3.8) is 0 Å².